The van der Waals surface area contributed by atoms with Crippen LogP contribution in [0, 0.1) is 0 Å². The second kappa shape index (κ2) is 7.72. The van der Waals surface area contributed by atoms with Crippen LogP contribution in [-0.4, -0.2) is 69.7 Å². The molecule has 0 radical (unpaired) electrons. The van der Waals surface area contributed by atoms with E-state index in [0.29, 0.717) is 31.2 Å². The van der Waals surface area contributed by atoms with E-state index in [-0.39, 0.29) is 5.60 Å². The zero-order chi connectivity index (χ0) is 17.9. The van der Waals surface area contributed by atoms with Crippen LogP contribution in [0.15, 0.2) is 29.2 Å². The molecule has 0 N–H and O–H groups in total. The van der Waals surface area contributed by atoms with Gasteiger partial charge in [-0.2, -0.15) is 4.31 Å². The van der Waals surface area contributed by atoms with E-state index in [4.69, 9.17) is 9.47 Å². The molecule has 0 amide bonds. The Hall–Kier alpha value is -0.990. The van der Waals surface area contributed by atoms with Crippen LogP contribution in [0.3, 0.4) is 0 Å². The average molecular weight is 368 g/mol. The van der Waals surface area contributed by atoms with Crippen molar-refractivity contribution >= 4 is 10.0 Å². The Morgan fingerprint density at radius 1 is 1.24 bits per heavy atom. The number of hydrogen-bond donors (Lipinski definition) is 0. The van der Waals surface area contributed by atoms with Crippen molar-refractivity contribution < 1.29 is 17.9 Å². The summed E-state index contributed by atoms with van der Waals surface area (Å²) in [6, 6.07) is 7.33. The zero-order valence-corrected chi connectivity index (χ0v) is 15.9. The summed E-state index contributed by atoms with van der Waals surface area (Å²) in [5, 5.41) is 0. The fraction of sp³-hybridized carbons (Fsp3) is 0.667. The summed E-state index contributed by atoms with van der Waals surface area (Å²) in [7, 11) is -1.68. The molecular formula is C18H28N2O4S. The summed E-state index contributed by atoms with van der Waals surface area (Å²) in [5.74, 6) is 0. The molecule has 1 atom stereocenters. The van der Waals surface area contributed by atoms with Crippen LogP contribution in [0.1, 0.15) is 25.3 Å². The molecule has 0 saturated carbocycles. The predicted molar refractivity (Wildman–Crippen MR) is 95.9 cm³/mol. The number of piperidine rings is 1. The number of benzene rings is 1. The molecule has 140 valence electrons. The molecule has 2 aliphatic heterocycles. The minimum absolute atomic E-state index is 0.115. The average Bonchev–Trinajstić information content (AvgIpc) is 2.63. The third-order valence-electron chi connectivity index (χ3n) is 5.14. The van der Waals surface area contributed by atoms with Crippen LogP contribution in [0.4, 0.5) is 0 Å². The lowest BCUT2D eigenvalue weighted by Gasteiger charge is -2.39. The van der Waals surface area contributed by atoms with Crippen molar-refractivity contribution in [1.82, 2.24) is 9.21 Å². The minimum atomic E-state index is -3.44. The Balaban J connectivity index is 1.73. The maximum absolute atomic E-state index is 12.8. The summed E-state index contributed by atoms with van der Waals surface area (Å²) >= 11 is 0. The summed E-state index contributed by atoms with van der Waals surface area (Å²) in [6.07, 6.45) is 2.15. The summed E-state index contributed by atoms with van der Waals surface area (Å²) in [6.45, 7) is 6.52. The highest BCUT2D eigenvalue weighted by Gasteiger charge is 2.31. The number of morpholine rings is 1. The first kappa shape index (κ1) is 18.8. The van der Waals surface area contributed by atoms with Gasteiger partial charge in [-0.15, -0.1) is 0 Å². The van der Waals surface area contributed by atoms with Gasteiger partial charge in [0.2, 0.25) is 10.0 Å². The van der Waals surface area contributed by atoms with Crippen LogP contribution >= 0.6 is 0 Å². The molecular weight excluding hydrogens is 340 g/mol. The van der Waals surface area contributed by atoms with Gasteiger partial charge in [0.25, 0.3) is 0 Å². The predicted octanol–water partition coefficient (Wildman–Crippen LogP) is 1.71. The van der Waals surface area contributed by atoms with Gasteiger partial charge in [-0.05, 0) is 44.0 Å². The third-order valence-corrected chi connectivity index (χ3v) is 7.04. The molecule has 25 heavy (non-hydrogen) atoms. The largest absolute Gasteiger partial charge is 0.379 e. The normalized spacial score (nSPS) is 26.6. The fourth-order valence-electron chi connectivity index (χ4n) is 3.61. The van der Waals surface area contributed by atoms with Crippen molar-refractivity contribution in [2.75, 3.05) is 46.5 Å². The molecule has 1 aromatic carbocycles. The van der Waals surface area contributed by atoms with Gasteiger partial charge in [-0.25, -0.2) is 8.42 Å². The smallest absolute Gasteiger partial charge is 0.243 e. The topological polar surface area (TPSA) is 59.1 Å². The highest BCUT2D eigenvalue weighted by Crippen LogP contribution is 2.26. The fourth-order valence-corrected chi connectivity index (χ4v) is 5.09. The van der Waals surface area contributed by atoms with E-state index in [1.54, 1.807) is 13.2 Å². The number of rotatable bonds is 5. The number of sulfonamides is 1. The van der Waals surface area contributed by atoms with Crippen LogP contribution in [0.5, 0.6) is 0 Å². The lowest BCUT2D eigenvalue weighted by molar-refractivity contribution is -0.0527. The lowest BCUT2D eigenvalue weighted by atomic mass is 9.94. The molecule has 7 heteroatoms. The Kier molecular flexibility index (Phi) is 5.80. The van der Waals surface area contributed by atoms with Gasteiger partial charge in [0.15, 0.2) is 0 Å². The molecule has 6 nitrogen and oxygen atoms in total. The first-order valence-corrected chi connectivity index (χ1v) is 10.3. The van der Waals surface area contributed by atoms with Crippen LogP contribution in [0.2, 0.25) is 0 Å². The van der Waals surface area contributed by atoms with E-state index in [2.05, 4.69) is 11.8 Å². The summed E-state index contributed by atoms with van der Waals surface area (Å²) < 4.78 is 38.1. The van der Waals surface area contributed by atoms with E-state index in [0.717, 1.165) is 38.0 Å². The van der Waals surface area contributed by atoms with Crippen molar-refractivity contribution in [2.24, 2.45) is 0 Å². The van der Waals surface area contributed by atoms with Gasteiger partial charge in [0.05, 0.1) is 23.7 Å². The lowest BCUT2D eigenvalue weighted by Crippen LogP contribution is -2.46. The monoisotopic (exact) mass is 368 g/mol. The van der Waals surface area contributed by atoms with E-state index in [1.807, 2.05) is 18.2 Å². The molecule has 2 saturated heterocycles. The molecule has 2 aliphatic rings. The van der Waals surface area contributed by atoms with Crippen LogP contribution in [0.25, 0.3) is 0 Å². The van der Waals surface area contributed by atoms with Gasteiger partial charge in [0, 0.05) is 33.3 Å². The maximum atomic E-state index is 12.8. The summed E-state index contributed by atoms with van der Waals surface area (Å²) in [4.78, 5) is 2.71. The van der Waals surface area contributed by atoms with E-state index >= 15 is 0 Å². The van der Waals surface area contributed by atoms with Gasteiger partial charge in [-0.1, -0.05) is 12.1 Å². The van der Waals surface area contributed by atoms with Crippen LogP contribution < -0.4 is 0 Å². The van der Waals surface area contributed by atoms with Gasteiger partial charge >= 0.3 is 0 Å². The highest BCUT2D eigenvalue weighted by molar-refractivity contribution is 7.89. The van der Waals surface area contributed by atoms with Crippen LogP contribution in [-0.2, 0) is 26.0 Å². The van der Waals surface area contributed by atoms with Crippen molar-refractivity contribution in [3.63, 3.8) is 0 Å². The standard InChI is InChI=1S/C18H28N2O4S/c1-18(23-2)7-4-8-19(15-18)14-16-5-3-6-17(13-16)25(21,22)20-9-11-24-12-10-20/h3,5-6,13H,4,7-12,14-15H2,1-2H3. The highest BCUT2D eigenvalue weighted by atomic mass is 32.2. The molecule has 0 spiro atoms. The van der Waals surface area contributed by atoms with Crippen molar-refractivity contribution in [3.05, 3.63) is 29.8 Å². The number of ether oxygens (including phenoxy) is 2. The van der Waals surface area contributed by atoms with Gasteiger partial charge < -0.3 is 9.47 Å². The molecule has 1 unspecified atom stereocenters. The molecule has 0 bridgehead atoms. The minimum Gasteiger partial charge on any atom is -0.379 e. The Bertz CT molecular complexity index is 688. The van der Waals surface area contributed by atoms with Crippen molar-refractivity contribution in [2.45, 2.75) is 36.8 Å². The first-order chi connectivity index (χ1) is 11.9. The Labute approximate surface area is 150 Å². The van der Waals surface area contributed by atoms with E-state index < -0.39 is 10.0 Å². The van der Waals surface area contributed by atoms with E-state index in [1.165, 1.54) is 4.31 Å². The van der Waals surface area contributed by atoms with Gasteiger partial charge in [0.1, 0.15) is 0 Å². The summed E-state index contributed by atoms with van der Waals surface area (Å²) in [5.41, 5.74) is 0.908. The van der Waals surface area contributed by atoms with Crippen molar-refractivity contribution in [1.29, 1.82) is 0 Å². The molecule has 2 fully saturated rings. The quantitative estimate of drug-likeness (QED) is 0.792. The second-order valence-electron chi connectivity index (χ2n) is 7.13. The first-order valence-electron chi connectivity index (χ1n) is 8.87. The number of likely N-dealkylation sites (tertiary alicyclic amines) is 1. The van der Waals surface area contributed by atoms with E-state index in [9.17, 15) is 8.42 Å². The Morgan fingerprint density at radius 3 is 2.72 bits per heavy atom. The van der Waals surface area contributed by atoms with Gasteiger partial charge in [-0.3, -0.25) is 4.90 Å². The SMILES string of the molecule is COC1(C)CCCN(Cc2cccc(S(=O)(=O)N3CCOCC3)c2)C1. The zero-order valence-electron chi connectivity index (χ0n) is 15.1. The molecule has 3 rings (SSSR count). The molecule has 1 aromatic rings. The molecule has 0 aromatic heterocycles. The second-order valence-corrected chi connectivity index (χ2v) is 9.07. The maximum Gasteiger partial charge on any atom is 0.243 e. The van der Waals surface area contributed by atoms with Crippen molar-refractivity contribution in [3.8, 4) is 0 Å². The number of nitrogens with zero attached hydrogens (tertiary/aromatic N) is 2. The Morgan fingerprint density at radius 2 is 2.00 bits per heavy atom. The molecule has 2 heterocycles. The number of methoxy groups -OCH3 is 1. The molecule has 0 aliphatic carbocycles. The third kappa shape index (κ3) is 4.41. The number of hydrogen-bond acceptors (Lipinski definition) is 5.